The summed E-state index contributed by atoms with van der Waals surface area (Å²) in [5.41, 5.74) is 2.31. The standard InChI is InChI=1S/C16H18N2O4S/c1-12-4-6-13(7-5-12)11-17(2)15-9-8-14(23(3,21)22)10-16(15)18(19)20/h4-10H,11H2,1-3H3. The zero-order chi connectivity index (χ0) is 17.2. The van der Waals surface area contributed by atoms with Crippen molar-refractivity contribution < 1.29 is 13.3 Å². The largest absolute Gasteiger partial charge is 0.365 e. The molecule has 2 aromatic carbocycles. The van der Waals surface area contributed by atoms with Crippen molar-refractivity contribution in [3.05, 3.63) is 63.7 Å². The van der Waals surface area contributed by atoms with Crippen molar-refractivity contribution in [1.82, 2.24) is 0 Å². The molecule has 2 rings (SSSR count). The van der Waals surface area contributed by atoms with E-state index in [1.807, 2.05) is 31.2 Å². The van der Waals surface area contributed by atoms with Crippen LogP contribution >= 0.6 is 0 Å². The number of hydrogen-bond acceptors (Lipinski definition) is 5. The number of rotatable bonds is 5. The number of nitro groups is 1. The molecule has 122 valence electrons. The maximum atomic E-state index is 11.6. The molecule has 0 aromatic heterocycles. The van der Waals surface area contributed by atoms with Gasteiger partial charge in [0.05, 0.1) is 9.82 Å². The second kappa shape index (κ2) is 6.37. The number of sulfone groups is 1. The number of hydrogen-bond donors (Lipinski definition) is 0. The van der Waals surface area contributed by atoms with Gasteiger partial charge in [-0.2, -0.15) is 0 Å². The summed E-state index contributed by atoms with van der Waals surface area (Å²) in [5, 5.41) is 11.3. The molecule has 7 heteroatoms. The van der Waals surface area contributed by atoms with Gasteiger partial charge in [-0.3, -0.25) is 10.1 Å². The maximum absolute atomic E-state index is 11.6. The Bertz CT molecular complexity index is 830. The minimum atomic E-state index is -3.49. The first-order valence-corrected chi connectivity index (χ1v) is 8.83. The summed E-state index contributed by atoms with van der Waals surface area (Å²) < 4.78 is 23.2. The minimum Gasteiger partial charge on any atom is -0.365 e. The number of nitro benzene ring substituents is 1. The number of benzene rings is 2. The van der Waals surface area contributed by atoms with E-state index in [1.54, 1.807) is 11.9 Å². The van der Waals surface area contributed by atoms with Gasteiger partial charge in [0.2, 0.25) is 0 Å². The van der Waals surface area contributed by atoms with Gasteiger partial charge < -0.3 is 4.90 Å². The normalized spacial score (nSPS) is 11.3. The van der Waals surface area contributed by atoms with Crippen LogP contribution in [0.1, 0.15) is 11.1 Å². The first-order valence-electron chi connectivity index (χ1n) is 6.93. The van der Waals surface area contributed by atoms with Gasteiger partial charge >= 0.3 is 0 Å². The summed E-state index contributed by atoms with van der Waals surface area (Å²) >= 11 is 0. The predicted molar refractivity (Wildman–Crippen MR) is 89.5 cm³/mol. The highest BCUT2D eigenvalue weighted by Crippen LogP contribution is 2.31. The predicted octanol–water partition coefficient (Wildman–Crippen LogP) is 2.94. The lowest BCUT2D eigenvalue weighted by molar-refractivity contribution is -0.384. The molecule has 0 saturated heterocycles. The highest BCUT2D eigenvalue weighted by Gasteiger charge is 2.21. The van der Waals surface area contributed by atoms with Crippen LogP contribution in [0.5, 0.6) is 0 Å². The fourth-order valence-corrected chi connectivity index (χ4v) is 2.90. The summed E-state index contributed by atoms with van der Waals surface area (Å²) in [6.45, 7) is 2.47. The van der Waals surface area contributed by atoms with E-state index in [2.05, 4.69) is 0 Å². The van der Waals surface area contributed by atoms with Gasteiger partial charge in [0.15, 0.2) is 9.84 Å². The lowest BCUT2D eigenvalue weighted by atomic mass is 10.1. The van der Waals surface area contributed by atoms with E-state index < -0.39 is 14.8 Å². The van der Waals surface area contributed by atoms with Crippen molar-refractivity contribution >= 4 is 21.2 Å². The van der Waals surface area contributed by atoms with Crippen LogP contribution in [0.25, 0.3) is 0 Å². The highest BCUT2D eigenvalue weighted by molar-refractivity contribution is 7.90. The average Bonchev–Trinajstić information content (AvgIpc) is 2.48. The Morgan fingerprint density at radius 2 is 1.74 bits per heavy atom. The molecule has 0 aliphatic rings. The molecule has 0 radical (unpaired) electrons. The van der Waals surface area contributed by atoms with Crippen molar-refractivity contribution in [2.24, 2.45) is 0 Å². The molecule has 0 bridgehead atoms. The van der Waals surface area contributed by atoms with Gasteiger partial charge in [-0.05, 0) is 24.6 Å². The monoisotopic (exact) mass is 334 g/mol. The Kier molecular flexibility index (Phi) is 4.70. The van der Waals surface area contributed by atoms with Crippen LogP contribution in [0.15, 0.2) is 47.4 Å². The van der Waals surface area contributed by atoms with Gasteiger partial charge in [0.1, 0.15) is 5.69 Å². The fraction of sp³-hybridized carbons (Fsp3) is 0.250. The molecule has 0 aliphatic carbocycles. The molecule has 6 nitrogen and oxygen atoms in total. The maximum Gasteiger partial charge on any atom is 0.293 e. The molecule has 0 unspecified atom stereocenters. The molecule has 0 heterocycles. The highest BCUT2D eigenvalue weighted by atomic mass is 32.2. The number of nitrogens with zero attached hydrogens (tertiary/aromatic N) is 2. The van der Waals surface area contributed by atoms with Crippen molar-refractivity contribution in [2.75, 3.05) is 18.2 Å². The number of anilines is 1. The van der Waals surface area contributed by atoms with Gasteiger partial charge in [-0.25, -0.2) is 8.42 Å². The molecule has 0 fully saturated rings. The van der Waals surface area contributed by atoms with Gasteiger partial charge in [0.25, 0.3) is 5.69 Å². The third kappa shape index (κ3) is 4.07. The summed E-state index contributed by atoms with van der Waals surface area (Å²) in [6, 6.07) is 11.8. The molecular weight excluding hydrogens is 316 g/mol. The molecule has 0 aliphatic heterocycles. The Morgan fingerprint density at radius 1 is 1.13 bits per heavy atom. The Labute approximate surface area is 135 Å². The first-order chi connectivity index (χ1) is 10.7. The van der Waals surface area contributed by atoms with E-state index in [0.29, 0.717) is 12.2 Å². The van der Waals surface area contributed by atoms with E-state index in [0.717, 1.165) is 23.4 Å². The summed E-state index contributed by atoms with van der Waals surface area (Å²) in [7, 11) is -1.75. The van der Waals surface area contributed by atoms with E-state index in [4.69, 9.17) is 0 Å². The topological polar surface area (TPSA) is 80.5 Å². The minimum absolute atomic E-state index is 0.0586. The third-order valence-corrected chi connectivity index (χ3v) is 4.63. The molecule has 2 aromatic rings. The van der Waals surface area contributed by atoms with Gasteiger partial charge in [-0.15, -0.1) is 0 Å². The van der Waals surface area contributed by atoms with Crippen LogP contribution in [0, 0.1) is 17.0 Å². The summed E-state index contributed by atoms with van der Waals surface area (Å²) in [4.78, 5) is 12.4. The lowest BCUT2D eigenvalue weighted by Crippen LogP contribution is -2.18. The van der Waals surface area contributed by atoms with Crippen LogP contribution in [-0.4, -0.2) is 26.6 Å². The van der Waals surface area contributed by atoms with Crippen LogP contribution in [-0.2, 0) is 16.4 Å². The van der Waals surface area contributed by atoms with E-state index in [9.17, 15) is 18.5 Å². The van der Waals surface area contributed by atoms with Crippen LogP contribution in [0.2, 0.25) is 0 Å². The molecule has 0 saturated carbocycles. The third-order valence-electron chi connectivity index (χ3n) is 3.52. The zero-order valence-corrected chi connectivity index (χ0v) is 14.0. The molecule has 23 heavy (non-hydrogen) atoms. The average molecular weight is 334 g/mol. The van der Waals surface area contributed by atoms with Gasteiger partial charge in [-0.1, -0.05) is 29.8 Å². The second-order valence-electron chi connectivity index (χ2n) is 5.52. The number of aryl methyl sites for hydroxylation is 1. The molecule has 0 N–H and O–H groups in total. The van der Waals surface area contributed by atoms with Crippen molar-refractivity contribution in [3.63, 3.8) is 0 Å². The molecular formula is C16H18N2O4S. The van der Waals surface area contributed by atoms with Crippen LogP contribution in [0.4, 0.5) is 11.4 Å². The first kappa shape index (κ1) is 17.0. The zero-order valence-electron chi connectivity index (χ0n) is 13.2. The van der Waals surface area contributed by atoms with E-state index >= 15 is 0 Å². The fourth-order valence-electron chi connectivity index (χ4n) is 2.26. The van der Waals surface area contributed by atoms with Crippen molar-refractivity contribution in [2.45, 2.75) is 18.4 Å². The summed E-state index contributed by atoms with van der Waals surface area (Å²) in [5.74, 6) is 0. The Morgan fingerprint density at radius 3 is 2.26 bits per heavy atom. The van der Waals surface area contributed by atoms with Crippen LogP contribution in [0.3, 0.4) is 0 Å². The second-order valence-corrected chi connectivity index (χ2v) is 7.54. The van der Waals surface area contributed by atoms with Crippen molar-refractivity contribution in [1.29, 1.82) is 0 Å². The summed E-state index contributed by atoms with van der Waals surface area (Å²) in [6.07, 6.45) is 1.03. The van der Waals surface area contributed by atoms with Crippen molar-refractivity contribution in [3.8, 4) is 0 Å². The lowest BCUT2D eigenvalue weighted by Gasteiger charge is -2.19. The Hall–Kier alpha value is -2.41. The molecule has 0 amide bonds. The molecule has 0 spiro atoms. The van der Waals surface area contributed by atoms with E-state index in [-0.39, 0.29) is 10.6 Å². The smallest absolute Gasteiger partial charge is 0.293 e. The van der Waals surface area contributed by atoms with Gasteiger partial charge in [0, 0.05) is 25.9 Å². The van der Waals surface area contributed by atoms with Crippen LogP contribution < -0.4 is 4.90 Å². The van der Waals surface area contributed by atoms with E-state index in [1.165, 1.54) is 12.1 Å². The Balaban J connectivity index is 2.37. The SMILES string of the molecule is Cc1ccc(CN(C)c2ccc(S(C)(=O)=O)cc2[N+](=O)[O-])cc1. The molecule has 0 atom stereocenters. The quantitative estimate of drug-likeness (QED) is 0.620.